The highest BCUT2D eigenvalue weighted by Crippen LogP contribution is 2.47. The number of hydrogen-bond donors (Lipinski definition) is 1. The molecule has 2 aliphatic rings. The predicted molar refractivity (Wildman–Crippen MR) is 100 cm³/mol. The van der Waals surface area contributed by atoms with Crippen LogP contribution in [0.5, 0.6) is 0 Å². The molecular formula is C21H19N3O2. The van der Waals surface area contributed by atoms with Crippen molar-refractivity contribution in [3.8, 4) is 0 Å². The number of benzene rings is 1. The molecule has 0 bridgehead atoms. The van der Waals surface area contributed by atoms with E-state index in [0.717, 1.165) is 45.8 Å². The van der Waals surface area contributed by atoms with E-state index in [1.807, 2.05) is 24.3 Å². The molecule has 5 nitrogen and oxygen atoms in total. The molecule has 0 aliphatic carbocycles. The molecule has 1 saturated heterocycles. The first-order valence-electron chi connectivity index (χ1n) is 8.98. The van der Waals surface area contributed by atoms with Crippen LogP contribution < -0.4 is 0 Å². The number of hydrogen-bond acceptors (Lipinski definition) is 3. The van der Waals surface area contributed by atoms with Crippen molar-refractivity contribution in [3.05, 3.63) is 47.8 Å². The Hall–Kier alpha value is -2.95. The number of H-pyrrole nitrogens is 1. The Morgan fingerprint density at radius 1 is 1.27 bits per heavy atom. The van der Waals surface area contributed by atoms with Crippen molar-refractivity contribution in [2.75, 3.05) is 0 Å². The number of nitrogens with one attached hydrogen (secondary N) is 1. The third-order valence-electron chi connectivity index (χ3n) is 5.80. The molecular weight excluding hydrogens is 326 g/mol. The normalized spacial score (nSPS) is 22.4. The van der Waals surface area contributed by atoms with Crippen LogP contribution in [0.2, 0.25) is 0 Å². The predicted octanol–water partition coefficient (Wildman–Crippen LogP) is 3.51. The molecule has 0 spiro atoms. The summed E-state index contributed by atoms with van der Waals surface area (Å²) in [5, 5.41) is 2.15. The zero-order valence-corrected chi connectivity index (χ0v) is 14.7. The Morgan fingerprint density at radius 3 is 2.88 bits per heavy atom. The average Bonchev–Trinajstić information content (AvgIpc) is 3.16. The zero-order chi connectivity index (χ0) is 18.0. The first-order chi connectivity index (χ1) is 12.6. The number of aromatic amines is 1. The summed E-state index contributed by atoms with van der Waals surface area (Å²) in [7, 11) is 0. The van der Waals surface area contributed by atoms with Gasteiger partial charge in [-0.2, -0.15) is 0 Å². The number of carbonyl (C=O) groups excluding carboxylic acids is 2. The fourth-order valence-electron chi connectivity index (χ4n) is 4.58. The largest absolute Gasteiger partial charge is 0.339 e. The molecule has 4 heterocycles. The highest BCUT2D eigenvalue weighted by Gasteiger charge is 2.54. The standard InChI is InChI=1S/C21H19N3O2/c1-11(2)19-17-9-14(18(10-25)24(17)21(19)26)12-5-6-16-15(8-12)13-4-3-7-22-20(13)23-16/h3-8,10-11,17,19H,9H2,1-2H3,(H,22,23)/t17-,19-/m1/s1. The second kappa shape index (κ2) is 5.27. The Labute approximate surface area is 150 Å². The van der Waals surface area contributed by atoms with Crippen LogP contribution in [0.25, 0.3) is 27.5 Å². The summed E-state index contributed by atoms with van der Waals surface area (Å²) in [6.07, 6.45) is 3.35. The van der Waals surface area contributed by atoms with E-state index in [9.17, 15) is 9.59 Å². The maximum atomic E-state index is 12.5. The molecule has 2 aliphatic heterocycles. The number of pyridine rings is 1. The van der Waals surface area contributed by atoms with E-state index in [4.69, 9.17) is 0 Å². The molecule has 130 valence electrons. The van der Waals surface area contributed by atoms with Crippen molar-refractivity contribution in [1.29, 1.82) is 0 Å². The number of aromatic nitrogens is 2. The second-order valence-electron chi connectivity index (χ2n) is 7.52. The van der Waals surface area contributed by atoms with Gasteiger partial charge in [0.15, 0.2) is 6.29 Å². The molecule has 5 rings (SSSR count). The number of nitrogens with zero attached hydrogens (tertiary/aromatic N) is 2. The van der Waals surface area contributed by atoms with Crippen molar-refractivity contribution in [1.82, 2.24) is 14.9 Å². The van der Waals surface area contributed by atoms with Crippen LogP contribution in [0.1, 0.15) is 25.8 Å². The lowest BCUT2D eigenvalue weighted by Crippen LogP contribution is -2.59. The highest BCUT2D eigenvalue weighted by molar-refractivity contribution is 6.08. The van der Waals surface area contributed by atoms with Gasteiger partial charge in [-0.1, -0.05) is 19.9 Å². The van der Waals surface area contributed by atoms with Gasteiger partial charge in [0.05, 0.1) is 17.7 Å². The van der Waals surface area contributed by atoms with Crippen molar-refractivity contribution < 1.29 is 9.59 Å². The van der Waals surface area contributed by atoms with Crippen LogP contribution in [0.4, 0.5) is 0 Å². The molecule has 3 aromatic rings. The quantitative estimate of drug-likeness (QED) is 0.583. The highest BCUT2D eigenvalue weighted by atomic mass is 16.2. The van der Waals surface area contributed by atoms with Crippen molar-refractivity contribution in [2.45, 2.75) is 26.3 Å². The topological polar surface area (TPSA) is 66.1 Å². The monoisotopic (exact) mass is 345 g/mol. The van der Waals surface area contributed by atoms with E-state index in [0.29, 0.717) is 5.70 Å². The van der Waals surface area contributed by atoms with Gasteiger partial charge in [0.2, 0.25) is 5.91 Å². The van der Waals surface area contributed by atoms with E-state index < -0.39 is 0 Å². The summed E-state index contributed by atoms with van der Waals surface area (Å²) in [6, 6.07) is 10.2. The number of carbonyl (C=O) groups is 2. The third kappa shape index (κ3) is 1.88. The van der Waals surface area contributed by atoms with Crippen molar-refractivity contribution in [2.24, 2.45) is 11.8 Å². The van der Waals surface area contributed by atoms with Gasteiger partial charge in [-0.3, -0.25) is 9.59 Å². The minimum atomic E-state index is 0.0171. The molecule has 0 unspecified atom stereocenters. The maximum Gasteiger partial charge on any atom is 0.232 e. The fourth-order valence-corrected chi connectivity index (χ4v) is 4.58. The van der Waals surface area contributed by atoms with Crippen LogP contribution in [0.15, 0.2) is 42.2 Å². The minimum Gasteiger partial charge on any atom is -0.339 e. The Morgan fingerprint density at radius 2 is 2.12 bits per heavy atom. The number of β-lactam (4-membered cyclic amide) rings is 1. The summed E-state index contributed by atoms with van der Waals surface area (Å²) in [5.74, 6) is 0.390. The number of rotatable bonds is 3. The van der Waals surface area contributed by atoms with Crippen LogP contribution in [-0.4, -0.2) is 33.1 Å². The number of fused-ring (bicyclic) bond motifs is 4. The molecule has 1 N–H and O–H groups in total. The van der Waals surface area contributed by atoms with Gasteiger partial charge in [0.1, 0.15) is 5.65 Å². The number of aldehydes is 1. The molecule has 0 radical (unpaired) electrons. The van der Waals surface area contributed by atoms with Gasteiger partial charge in [0, 0.05) is 22.5 Å². The molecule has 1 aromatic carbocycles. The summed E-state index contributed by atoms with van der Waals surface area (Å²) in [5.41, 5.74) is 4.40. The van der Waals surface area contributed by atoms with Crippen LogP contribution in [0, 0.1) is 11.8 Å². The SMILES string of the molecule is CC(C)[C@H]1C(=O)N2C(C=O)=C(c3ccc4[nH]c5ncccc5c4c3)C[C@H]12. The molecule has 2 atom stereocenters. The summed E-state index contributed by atoms with van der Waals surface area (Å²) in [6.45, 7) is 4.15. The van der Waals surface area contributed by atoms with Crippen LogP contribution in [-0.2, 0) is 9.59 Å². The van der Waals surface area contributed by atoms with Gasteiger partial charge in [-0.05, 0) is 47.7 Å². The summed E-state index contributed by atoms with van der Waals surface area (Å²) in [4.78, 5) is 33.7. The van der Waals surface area contributed by atoms with E-state index in [1.54, 1.807) is 11.1 Å². The summed E-state index contributed by atoms with van der Waals surface area (Å²) < 4.78 is 0. The Bertz CT molecular complexity index is 1110. The van der Waals surface area contributed by atoms with E-state index in [2.05, 4.69) is 29.9 Å². The van der Waals surface area contributed by atoms with E-state index in [1.165, 1.54) is 0 Å². The molecule has 1 amide bonds. The Balaban J connectivity index is 1.64. The zero-order valence-electron chi connectivity index (χ0n) is 14.7. The van der Waals surface area contributed by atoms with Crippen LogP contribution >= 0.6 is 0 Å². The average molecular weight is 345 g/mol. The van der Waals surface area contributed by atoms with Gasteiger partial charge < -0.3 is 9.88 Å². The lowest BCUT2D eigenvalue weighted by molar-refractivity contribution is -0.154. The fraction of sp³-hybridized carbons (Fsp3) is 0.286. The lowest BCUT2D eigenvalue weighted by Gasteiger charge is -2.45. The molecule has 26 heavy (non-hydrogen) atoms. The van der Waals surface area contributed by atoms with Gasteiger partial charge in [-0.25, -0.2) is 4.98 Å². The van der Waals surface area contributed by atoms with E-state index >= 15 is 0 Å². The van der Waals surface area contributed by atoms with Gasteiger partial charge >= 0.3 is 0 Å². The molecule has 2 aromatic heterocycles. The van der Waals surface area contributed by atoms with Gasteiger partial charge in [0.25, 0.3) is 0 Å². The second-order valence-corrected chi connectivity index (χ2v) is 7.52. The minimum absolute atomic E-state index is 0.0171. The molecule has 0 saturated carbocycles. The number of allylic oxidation sites excluding steroid dienone is 1. The van der Waals surface area contributed by atoms with Crippen molar-refractivity contribution >= 4 is 39.7 Å². The molecule has 1 fully saturated rings. The molecule has 5 heteroatoms. The lowest BCUT2D eigenvalue weighted by atomic mass is 9.78. The number of amides is 1. The van der Waals surface area contributed by atoms with E-state index in [-0.39, 0.29) is 23.8 Å². The Kier molecular flexibility index (Phi) is 3.11. The van der Waals surface area contributed by atoms with Gasteiger partial charge in [-0.15, -0.1) is 0 Å². The third-order valence-corrected chi connectivity index (χ3v) is 5.80. The first kappa shape index (κ1) is 15.3. The first-order valence-corrected chi connectivity index (χ1v) is 8.98. The smallest absolute Gasteiger partial charge is 0.232 e. The maximum absolute atomic E-state index is 12.5. The van der Waals surface area contributed by atoms with Crippen LogP contribution in [0.3, 0.4) is 0 Å². The summed E-state index contributed by atoms with van der Waals surface area (Å²) >= 11 is 0. The van der Waals surface area contributed by atoms with Crippen molar-refractivity contribution in [3.63, 3.8) is 0 Å².